The number of hydrogen-bond donors (Lipinski definition) is 1. The molecular weight excluding hydrogens is 274 g/mol. The monoisotopic (exact) mass is 287 g/mol. The summed E-state index contributed by atoms with van der Waals surface area (Å²) in [5, 5.41) is 13.6. The molecule has 7 nitrogen and oxygen atoms in total. The van der Waals surface area contributed by atoms with Crippen LogP contribution >= 0.6 is 0 Å². The zero-order valence-corrected chi connectivity index (χ0v) is 11.3. The van der Waals surface area contributed by atoms with Crippen LogP contribution in [0.1, 0.15) is 17.3 Å². The van der Waals surface area contributed by atoms with Crippen molar-refractivity contribution in [2.24, 2.45) is 0 Å². The summed E-state index contributed by atoms with van der Waals surface area (Å²) >= 11 is 0. The van der Waals surface area contributed by atoms with E-state index in [2.05, 4.69) is 10.3 Å². The van der Waals surface area contributed by atoms with Gasteiger partial charge in [-0.1, -0.05) is 0 Å². The molecule has 108 valence electrons. The van der Waals surface area contributed by atoms with Crippen LogP contribution in [-0.2, 0) is 0 Å². The molecule has 0 radical (unpaired) electrons. The Kier molecular flexibility index (Phi) is 4.45. The van der Waals surface area contributed by atoms with Crippen molar-refractivity contribution < 1.29 is 14.5 Å². The average Bonchev–Trinajstić information content (AvgIpc) is 2.48. The fraction of sp³-hybridized carbons (Fsp3) is 0.143. The van der Waals surface area contributed by atoms with Crippen molar-refractivity contribution in [1.82, 2.24) is 4.98 Å². The van der Waals surface area contributed by atoms with Gasteiger partial charge in [0.25, 0.3) is 5.91 Å². The minimum Gasteiger partial charge on any atom is -0.487 e. The molecular formula is C14H13N3O4. The minimum atomic E-state index is -0.578. The van der Waals surface area contributed by atoms with E-state index >= 15 is 0 Å². The van der Waals surface area contributed by atoms with Crippen LogP contribution < -0.4 is 10.1 Å². The van der Waals surface area contributed by atoms with Gasteiger partial charge in [0.1, 0.15) is 0 Å². The third kappa shape index (κ3) is 3.53. The number of nitrogens with zero attached hydrogens (tertiary/aromatic N) is 2. The number of nitro groups is 1. The maximum atomic E-state index is 12.1. The number of aromatic nitrogens is 1. The van der Waals surface area contributed by atoms with E-state index in [4.69, 9.17) is 4.74 Å². The highest BCUT2D eigenvalue weighted by atomic mass is 16.6. The van der Waals surface area contributed by atoms with Crippen molar-refractivity contribution in [3.8, 4) is 5.75 Å². The molecule has 1 N–H and O–H groups in total. The highest BCUT2D eigenvalue weighted by Gasteiger charge is 2.18. The Morgan fingerprint density at radius 2 is 2.24 bits per heavy atom. The summed E-state index contributed by atoms with van der Waals surface area (Å²) in [5.74, 6) is -0.311. The van der Waals surface area contributed by atoms with Crippen molar-refractivity contribution >= 4 is 17.3 Å². The first-order chi connectivity index (χ1) is 10.1. The largest absolute Gasteiger partial charge is 0.487 e. The van der Waals surface area contributed by atoms with E-state index in [1.807, 2.05) is 0 Å². The standard InChI is InChI=1S/C14H13N3O4/c1-2-21-13-6-5-10(8-12(13)17(19)20)14(18)16-11-4-3-7-15-9-11/h3-9H,2H2,1H3,(H,16,18). The molecule has 0 aliphatic rings. The van der Waals surface area contributed by atoms with Crippen LogP contribution in [0.4, 0.5) is 11.4 Å². The molecule has 2 rings (SSSR count). The number of anilines is 1. The van der Waals surface area contributed by atoms with Crippen LogP contribution in [0.3, 0.4) is 0 Å². The number of carbonyl (C=O) groups excluding carboxylic acids is 1. The van der Waals surface area contributed by atoms with Crippen molar-refractivity contribution in [1.29, 1.82) is 0 Å². The molecule has 1 aromatic carbocycles. The van der Waals surface area contributed by atoms with Crippen LogP contribution in [0.25, 0.3) is 0 Å². The smallest absolute Gasteiger partial charge is 0.311 e. The van der Waals surface area contributed by atoms with E-state index in [1.165, 1.54) is 24.4 Å². The van der Waals surface area contributed by atoms with Crippen molar-refractivity contribution in [2.75, 3.05) is 11.9 Å². The van der Waals surface area contributed by atoms with Gasteiger partial charge in [-0.15, -0.1) is 0 Å². The lowest BCUT2D eigenvalue weighted by Gasteiger charge is -2.07. The Morgan fingerprint density at radius 3 is 2.86 bits per heavy atom. The maximum absolute atomic E-state index is 12.1. The first-order valence-corrected chi connectivity index (χ1v) is 6.24. The summed E-state index contributed by atoms with van der Waals surface area (Å²) in [6.45, 7) is 2.04. The van der Waals surface area contributed by atoms with Crippen LogP contribution in [0.15, 0.2) is 42.7 Å². The number of hydrogen-bond acceptors (Lipinski definition) is 5. The predicted octanol–water partition coefficient (Wildman–Crippen LogP) is 2.64. The average molecular weight is 287 g/mol. The lowest BCUT2D eigenvalue weighted by Crippen LogP contribution is -2.12. The van der Waals surface area contributed by atoms with E-state index < -0.39 is 10.8 Å². The molecule has 7 heteroatoms. The van der Waals surface area contributed by atoms with E-state index in [9.17, 15) is 14.9 Å². The van der Waals surface area contributed by atoms with Crippen LogP contribution in [-0.4, -0.2) is 22.4 Å². The van der Waals surface area contributed by atoms with Crippen molar-refractivity contribution in [3.63, 3.8) is 0 Å². The van der Waals surface area contributed by atoms with E-state index in [0.717, 1.165) is 0 Å². The van der Waals surface area contributed by atoms with Crippen LogP contribution in [0, 0.1) is 10.1 Å². The summed E-state index contributed by atoms with van der Waals surface area (Å²) in [4.78, 5) is 26.4. The minimum absolute atomic E-state index is 0.139. The molecule has 0 fully saturated rings. The van der Waals surface area contributed by atoms with E-state index in [0.29, 0.717) is 12.3 Å². The second kappa shape index (κ2) is 6.47. The van der Waals surface area contributed by atoms with Gasteiger partial charge >= 0.3 is 5.69 Å². The number of amides is 1. The summed E-state index contributed by atoms with van der Waals surface area (Å²) in [5.41, 5.74) is 0.448. The molecule has 1 aromatic heterocycles. The maximum Gasteiger partial charge on any atom is 0.311 e. The number of benzene rings is 1. The van der Waals surface area contributed by atoms with E-state index in [1.54, 1.807) is 25.3 Å². The Balaban J connectivity index is 2.25. The van der Waals surface area contributed by atoms with Crippen molar-refractivity contribution in [3.05, 3.63) is 58.4 Å². The number of rotatable bonds is 5. The predicted molar refractivity (Wildman–Crippen MR) is 76.5 cm³/mol. The van der Waals surface area contributed by atoms with Gasteiger partial charge in [-0.05, 0) is 31.2 Å². The zero-order valence-electron chi connectivity index (χ0n) is 11.3. The van der Waals surface area contributed by atoms with Gasteiger partial charge in [-0.3, -0.25) is 19.9 Å². The molecule has 21 heavy (non-hydrogen) atoms. The molecule has 0 aliphatic carbocycles. The zero-order chi connectivity index (χ0) is 15.2. The Labute approximate surface area is 120 Å². The highest BCUT2D eigenvalue weighted by Crippen LogP contribution is 2.28. The second-order valence-electron chi connectivity index (χ2n) is 4.07. The first-order valence-electron chi connectivity index (χ1n) is 6.24. The van der Waals surface area contributed by atoms with Crippen LogP contribution in [0.5, 0.6) is 5.75 Å². The molecule has 2 aromatic rings. The lowest BCUT2D eigenvalue weighted by atomic mass is 10.1. The number of ether oxygens (including phenoxy) is 1. The van der Waals surface area contributed by atoms with Gasteiger partial charge in [0, 0.05) is 17.8 Å². The SMILES string of the molecule is CCOc1ccc(C(=O)Nc2cccnc2)cc1[N+](=O)[O-]. The second-order valence-corrected chi connectivity index (χ2v) is 4.07. The van der Waals surface area contributed by atoms with E-state index in [-0.39, 0.29) is 17.0 Å². The highest BCUT2D eigenvalue weighted by molar-refractivity contribution is 6.04. The van der Waals surface area contributed by atoms with Gasteiger partial charge < -0.3 is 10.1 Å². The van der Waals surface area contributed by atoms with Gasteiger partial charge in [0.05, 0.1) is 23.4 Å². The summed E-state index contributed by atoms with van der Waals surface area (Å²) in [7, 11) is 0. The molecule has 0 saturated carbocycles. The van der Waals surface area contributed by atoms with Gasteiger partial charge in [-0.25, -0.2) is 0 Å². The number of pyridine rings is 1. The fourth-order valence-electron chi connectivity index (χ4n) is 1.72. The van der Waals surface area contributed by atoms with Gasteiger partial charge in [0.2, 0.25) is 0 Å². The van der Waals surface area contributed by atoms with Gasteiger partial charge in [0.15, 0.2) is 5.75 Å². The Bertz CT molecular complexity index is 659. The summed E-state index contributed by atoms with van der Waals surface area (Å²) in [6, 6.07) is 7.43. The molecule has 0 atom stereocenters. The molecule has 1 amide bonds. The number of nitro benzene ring substituents is 1. The topological polar surface area (TPSA) is 94.4 Å². The Hall–Kier alpha value is -2.96. The van der Waals surface area contributed by atoms with Gasteiger partial charge in [-0.2, -0.15) is 0 Å². The number of nitrogens with one attached hydrogen (secondary N) is 1. The summed E-state index contributed by atoms with van der Waals surface area (Å²) in [6.07, 6.45) is 3.07. The molecule has 1 heterocycles. The molecule has 0 aliphatic heterocycles. The fourth-order valence-corrected chi connectivity index (χ4v) is 1.72. The Morgan fingerprint density at radius 1 is 1.43 bits per heavy atom. The third-order valence-corrected chi connectivity index (χ3v) is 2.64. The first kappa shape index (κ1) is 14.4. The normalized spacial score (nSPS) is 9.95. The summed E-state index contributed by atoms with van der Waals surface area (Å²) < 4.78 is 5.17. The third-order valence-electron chi connectivity index (χ3n) is 2.64. The quantitative estimate of drug-likeness (QED) is 0.673. The molecule has 0 bridgehead atoms. The lowest BCUT2D eigenvalue weighted by molar-refractivity contribution is -0.385. The molecule has 0 saturated heterocycles. The van der Waals surface area contributed by atoms with Crippen molar-refractivity contribution in [2.45, 2.75) is 6.92 Å². The molecule has 0 unspecified atom stereocenters. The molecule has 0 spiro atoms. The number of carbonyl (C=O) groups is 1. The van der Waals surface area contributed by atoms with Crippen LogP contribution in [0.2, 0.25) is 0 Å².